The first-order valence-corrected chi connectivity index (χ1v) is 8.71. The number of thioether (sulfide) groups is 1. The van der Waals surface area contributed by atoms with Gasteiger partial charge in [-0.1, -0.05) is 40.8 Å². The quantitative estimate of drug-likeness (QED) is 0.709. The predicted octanol–water partition coefficient (Wildman–Crippen LogP) is 4.34. The van der Waals surface area contributed by atoms with Gasteiger partial charge in [-0.2, -0.15) is 0 Å². The number of nitrogens with zero attached hydrogens (tertiary/aromatic N) is 3. The highest BCUT2D eigenvalue weighted by atomic mass is 32.2. The van der Waals surface area contributed by atoms with Crippen LogP contribution in [0.4, 0.5) is 10.8 Å². The van der Waals surface area contributed by atoms with Crippen LogP contribution in [0.25, 0.3) is 0 Å². The normalized spacial score (nSPS) is 10.7. The summed E-state index contributed by atoms with van der Waals surface area (Å²) in [5.74, 6) is 0.821. The fraction of sp³-hybridized carbons (Fsp3) is 0.154. The minimum atomic E-state index is 0.821. The Kier molecular flexibility index (Phi) is 4.29. The van der Waals surface area contributed by atoms with E-state index in [1.165, 1.54) is 5.56 Å². The van der Waals surface area contributed by atoms with Crippen molar-refractivity contribution >= 4 is 45.3 Å². The highest BCUT2D eigenvalue weighted by molar-refractivity contribution is 8.00. The molecule has 4 nitrogen and oxygen atoms in total. The molecule has 0 aliphatic heterocycles. The highest BCUT2D eigenvalue weighted by Crippen LogP contribution is 2.27. The van der Waals surface area contributed by atoms with E-state index >= 15 is 0 Å². The van der Waals surface area contributed by atoms with Crippen molar-refractivity contribution in [2.45, 2.75) is 17.0 Å². The second kappa shape index (κ2) is 6.34. The summed E-state index contributed by atoms with van der Waals surface area (Å²) in [5.41, 5.74) is 5.12. The number of anilines is 2. The van der Waals surface area contributed by atoms with Crippen molar-refractivity contribution in [3.05, 3.63) is 46.4 Å². The number of aromatic nitrogens is 3. The Bertz CT molecular complexity index is 661. The van der Waals surface area contributed by atoms with E-state index in [9.17, 15) is 0 Å². The van der Waals surface area contributed by atoms with Crippen LogP contribution in [0.15, 0.2) is 39.5 Å². The number of rotatable bonds is 5. The number of nitrogens with one attached hydrogen (secondary N) is 1. The lowest BCUT2D eigenvalue weighted by Crippen LogP contribution is -1.90. The van der Waals surface area contributed by atoms with Gasteiger partial charge in [-0.25, -0.2) is 4.98 Å². The SMILES string of the molecule is Cc1ccc(Nc2nc(CSc3nncs3)cs2)cc1. The van der Waals surface area contributed by atoms with Crippen molar-refractivity contribution in [3.8, 4) is 0 Å². The Morgan fingerprint density at radius 2 is 2.05 bits per heavy atom. The monoisotopic (exact) mass is 320 g/mol. The molecule has 2 aromatic heterocycles. The van der Waals surface area contributed by atoms with E-state index in [0.29, 0.717) is 0 Å². The van der Waals surface area contributed by atoms with Crippen LogP contribution in [-0.2, 0) is 5.75 Å². The van der Waals surface area contributed by atoms with Crippen LogP contribution < -0.4 is 5.32 Å². The molecule has 0 saturated carbocycles. The van der Waals surface area contributed by atoms with Gasteiger partial charge in [0.2, 0.25) is 0 Å². The van der Waals surface area contributed by atoms with Gasteiger partial charge in [-0.05, 0) is 19.1 Å². The van der Waals surface area contributed by atoms with Crippen LogP contribution in [-0.4, -0.2) is 15.2 Å². The minimum Gasteiger partial charge on any atom is -0.332 e. The zero-order chi connectivity index (χ0) is 13.8. The maximum Gasteiger partial charge on any atom is 0.187 e. The molecule has 0 aliphatic carbocycles. The maximum absolute atomic E-state index is 4.57. The second-order valence-corrected chi connectivity index (χ2v) is 7.04. The van der Waals surface area contributed by atoms with Crippen molar-refractivity contribution in [3.63, 3.8) is 0 Å². The second-order valence-electron chi connectivity index (χ2n) is 4.13. The summed E-state index contributed by atoms with van der Waals surface area (Å²) < 4.78 is 0.978. The topological polar surface area (TPSA) is 50.7 Å². The molecule has 7 heteroatoms. The summed E-state index contributed by atoms with van der Waals surface area (Å²) in [6.07, 6.45) is 0. The van der Waals surface area contributed by atoms with Gasteiger partial charge in [0.1, 0.15) is 5.51 Å². The van der Waals surface area contributed by atoms with E-state index in [2.05, 4.69) is 57.1 Å². The lowest BCUT2D eigenvalue weighted by Gasteiger charge is -2.02. The third kappa shape index (κ3) is 3.56. The van der Waals surface area contributed by atoms with Gasteiger partial charge in [0.25, 0.3) is 0 Å². The molecular weight excluding hydrogens is 308 g/mol. The zero-order valence-electron chi connectivity index (χ0n) is 10.7. The molecule has 102 valence electrons. The van der Waals surface area contributed by atoms with E-state index in [-0.39, 0.29) is 0 Å². The average molecular weight is 320 g/mol. The number of hydrogen-bond acceptors (Lipinski definition) is 7. The largest absolute Gasteiger partial charge is 0.332 e. The maximum atomic E-state index is 4.57. The van der Waals surface area contributed by atoms with Crippen LogP contribution >= 0.6 is 34.4 Å². The van der Waals surface area contributed by atoms with E-state index < -0.39 is 0 Å². The van der Waals surface area contributed by atoms with E-state index in [1.54, 1.807) is 39.9 Å². The number of benzene rings is 1. The van der Waals surface area contributed by atoms with Crippen LogP contribution in [0.1, 0.15) is 11.3 Å². The Morgan fingerprint density at radius 3 is 2.80 bits per heavy atom. The van der Waals surface area contributed by atoms with Crippen molar-refractivity contribution < 1.29 is 0 Å². The van der Waals surface area contributed by atoms with Crippen LogP contribution in [0.5, 0.6) is 0 Å². The molecule has 0 radical (unpaired) electrons. The molecule has 0 amide bonds. The molecule has 0 fully saturated rings. The summed E-state index contributed by atoms with van der Waals surface area (Å²) in [4.78, 5) is 4.57. The summed E-state index contributed by atoms with van der Waals surface area (Å²) in [5, 5.41) is 14.1. The van der Waals surface area contributed by atoms with Gasteiger partial charge in [0.15, 0.2) is 9.47 Å². The highest BCUT2D eigenvalue weighted by Gasteiger charge is 2.05. The Morgan fingerprint density at radius 1 is 1.20 bits per heavy atom. The smallest absolute Gasteiger partial charge is 0.187 e. The summed E-state index contributed by atoms with van der Waals surface area (Å²) >= 11 is 4.83. The molecule has 0 bridgehead atoms. The molecule has 0 spiro atoms. The van der Waals surface area contributed by atoms with Crippen molar-refractivity contribution in [1.82, 2.24) is 15.2 Å². The van der Waals surface area contributed by atoms with Gasteiger partial charge >= 0.3 is 0 Å². The summed E-state index contributed by atoms with van der Waals surface area (Å²) in [7, 11) is 0. The Balaban J connectivity index is 1.60. The number of thiazole rings is 1. The first kappa shape index (κ1) is 13.5. The predicted molar refractivity (Wildman–Crippen MR) is 86.0 cm³/mol. The number of aryl methyl sites for hydroxylation is 1. The van der Waals surface area contributed by atoms with Gasteiger partial charge in [0.05, 0.1) is 5.69 Å². The Labute approximate surface area is 129 Å². The van der Waals surface area contributed by atoms with Crippen LogP contribution in [0.2, 0.25) is 0 Å². The fourth-order valence-corrected chi connectivity index (χ4v) is 3.77. The molecule has 0 aliphatic rings. The van der Waals surface area contributed by atoms with E-state index in [4.69, 9.17) is 0 Å². The first-order valence-electron chi connectivity index (χ1n) is 5.97. The molecule has 3 aromatic rings. The number of hydrogen-bond donors (Lipinski definition) is 1. The molecule has 1 aromatic carbocycles. The molecular formula is C13H12N4S3. The van der Waals surface area contributed by atoms with Crippen LogP contribution in [0, 0.1) is 6.92 Å². The molecule has 2 heterocycles. The van der Waals surface area contributed by atoms with Crippen LogP contribution in [0.3, 0.4) is 0 Å². The zero-order valence-corrected chi connectivity index (χ0v) is 13.2. The molecule has 0 atom stereocenters. The lowest BCUT2D eigenvalue weighted by molar-refractivity contribution is 1.01. The van der Waals surface area contributed by atoms with Crippen molar-refractivity contribution in [2.75, 3.05) is 5.32 Å². The van der Waals surface area contributed by atoms with Gasteiger partial charge in [-0.15, -0.1) is 21.5 Å². The lowest BCUT2D eigenvalue weighted by atomic mass is 10.2. The summed E-state index contributed by atoms with van der Waals surface area (Å²) in [6, 6.07) is 8.29. The van der Waals surface area contributed by atoms with Crippen molar-refractivity contribution in [2.24, 2.45) is 0 Å². The van der Waals surface area contributed by atoms with Gasteiger partial charge < -0.3 is 5.32 Å². The molecule has 3 rings (SSSR count). The summed E-state index contributed by atoms with van der Waals surface area (Å²) in [6.45, 7) is 2.08. The standard InChI is InChI=1S/C13H12N4S3/c1-9-2-4-10(5-3-9)15-12-16-11(6-18-12)7-19-13-17-14-8-20-13/h2-6,8H,7H2,1H3,(H,15,16). The Hall–Kier alpha value is -1.44. The molecule has 0 unspecified atom stereocenters. The van der Waals surface area contributed by atoms with Gasteiger partial charge in [0, 0.05) is 16.8 Å². The first-order chi connectivity index (χ1) is 9.79. The van der Waals surface area contributed by atoms with Crippen molar-refractivity contribution in [1.29, 1.82) is 0 Å². The third-order valence-corrected chi connectivity index (χ3v) is 5.24. The third-order valence-electron chi connectivity index (χ3n) is 2.54. The molecule has 1 N–H and O–H groups in total. The molecule has 0 saturated heterocycles. The van der Waals surface area contributed by atoms with Gasteiger partial charge in [-0.3, -0.25) is 0 Å². The average Bonchev–Trinajstić information content (AvgIpc) is 3.10. The minimum absolute atomic E-state index is 0.821. The molecule has 20 heavy (non-hydrogen) atoms. The van der Waals surface area contributed by atoms with E-state index in [0.717, 1.165) is 26.6 Å². The van der Waals surface area contributed by atoms with E-state index in [1.807, 2.05) is 0 Å². The fourth-order valence-electron chi connectivity index (χ4n) is 1.55.